The summed E-state index contributed by atoms with van der Waals surface area (Å²) in [4.78, 5) is 10.6. The minimum absolute atomic E-state index is 0.438. The number of hydrogen-bond acceptors (Lipinski definition) is 2. The summed E-state index contributed by atoms with van der Waals surface area (Å²) < 4.78 is 16.2. The zero-order valence-electron chi connectivity index (χ0n) is 6.81. The molecule has 1 N–H and O–H groups in total. The molecule has 0 saturated carbocycles. The van der Waals surface area contributed by atoms with Crippen LogP contribution in [-0.2, 0) is 9.53 Å². The van der Waals surface area contributed by atoms with Gasteiger partial charge >= 0.3 is 5.97 Å². The molecule has 1 rings (SSSR count). The van der Waals surface area contributed by atoms with Crippen molar-refractivity contribution in [3.63, 3.8) is 0 Å². The number of benzene rings is 1. The van der Waals surface area contributed by atoms with Crippen molar-refractivity contribution in [2.24, 2.45) is 0 Å². The predicted octanol–water partition coefficient (Wildman–Crippen LogP) is 1.76. The lowest BCUT2D eigenvalue weighted by molar-refractivity contribution is -0.154. The van der Waals surface area contributed by atoms with Crippen LogP contribution in [0.15, 0.2) is 30.3 Å². The number of rotatable bonds is 4. The summed E-state index contributed by atoms with van der Waals surface area (Å²) in [6, 6.07) is 8.25. The molecule has 0 aromatic heterocycles. The van der Waals surface area contributed by atoms with Gasteiger partial charge in [-0.3, -0.25) is 0 Å². The molecule has 0 radical (unpaired) electrons. The van der Waals surface area contributed by atoms with E-state index in [9.17, 15) is 9.18 Å². The maximum atomic E-state index is 11.8. The fourth-order valence-corrected chi connectivity index (χ4v) is 1.00. The van der Waals surface area contributed by atoms with Crippen LogP contribution in [0.3, 0.4) is 0 Å². The highest BCUT2D eigenvalue weighted by atomic mass is 19.1. The van der Waals surface area contributed by atoms with Crippen molar-refractivity contribution in [2.75, 3.05) is 6.86 Å². The number of carboxylic acid groups (broad SMARTS) is 1. The molecular weight excluding hydrogens is 175 g/mol. The van der Waals surface area contributed by atoms with Gasteiger partial charge in [0, 0.05) is 0 Å². The first kappa shape index (κ1) is 9.67. The lowest BCUT2D eigenvalue weighted by Crippen LogP contribution is -2.14. The van der Waals surface area contributed by atoms with Crippen molar-refractivity contribution in [3.8, 4) is 0 Å². The van der Waals surface area contributed by atoms with E-state index in [1.807, 2.05) is 0 Å². The molecule has 13 heavy (non-hydrogen) atoms. The van der Waals surface area contributed by atoms with Gasteiger partial charge in [-0.15, -0.1) is 0 Å². The molecule has 0 aliphatic carbocycles. The molecule has 0 bridgehead atoms. The minimum Gasteiger partial charge on any atom is -0.479 e. The van der Waals surface area contributed by atoms with Gasteiger partial charge in [0.15, 0.2) is 13.0 Å². The van der Waals surface area contributed by atoms with Crippen LogP contribution in [0.25, 0.3) is 0 Å². The Balaban J connectivity index is 2.82. The SMILES string of the molecule is O=C(O)C(OCF)c1ccccc1. The van der Waals surface area contributed by atoms with E-state index in [1.165, 1.54) is 0 Å². The topological polar surface area (TPSA) is 46.5 Å². The van der Waals surface area contributed by atoms with Gasteiger partial charge in [-0.1, -0.05) is 30.3 Å². The Bertz CT molecular complexity index is 273. The van der Waals surface area contributed by atoms with Gasteiger partial charge in [0.05, 0.1) is 0 Å². The lowest BCUT2D eigenvalue weighted by Gasteiger charge is -2.10. The second kappa shape index (κ2) is 4.57. The van der Waals surface area contributed by atoms with Crippen LogP contribution in [0.2, 0.25) is 0 Å². The molecule has 0 aliphatic heterocycles. The van der Waals surface area contributed by atoms with Crippen molar-refractivity contribution in [1.29, 1.82) is 0 Å². The van der Waals surface area contributed by atoms with E-state index in [4.69, 9.17) is 5.11 Å². The van der Waals surface area contributed by atoms with Crippen LogP contribution >= 0.6 is 0 Å². The highest BCUT2D eigenvalue weighted by Crippen LogP contribution is 2.16. The van der Waals surface area contributed by atoms with Gasteiger partial charge in [-0.25, -0.2) is 9.18 Å². The molecule has 0 amide bonds. The number of halogens is 1. The van der Waals surface area contributed by atoms with Gasteiger partial charge in [0.25, 0.3) is 0 Å². The monoisotopic (exact) mass is 184 g/mol. The molecule has 3 nitrogen and oxygen atoms in total. The highest BCUT2D eigenvalue weighted by Gasteiger charge is 2.19. The third kappa shape index (κ3) is 2.52. The van der Waals surface area contributed by atoms with Crippen molar-refractivity contribution >= 4 is 5.97 Å². The number of ether oxygens (including phenoxy) is 1. The van der Waals surface area contributed by atoms with Crippen molar-refractivity contribution in [2.45, 2.75) is 6.10 Å². The van der Waals surface area contributed by atoms with E-state index >= 15 is 0 Å². The Morgan fingerprint density at radius 2 is 2.08 bits per heavy atom. The Morgan fingerprint density at radius 1 is 1.46 bits per heavy atom. The fourth-order valence-electron chi connectivity index (χ4n) is 1.00. The molecule has 0 saturated heterocycles. The standard InChI is InChI=1S/C9H9FO3/c10-6-13-8(9(11)12)7-4-2-1-3-5-7/h1-5,8H,6H2,(H,11,12). The van der Waals surface area contributed by atoms with E-state index in [2.05, 4.69) is 4.74 Å². The van der Waals surface area contributed by atoms with Gasteiger partial charge in [0.2, 0.25) is 0 Å². The van der Waals surface area contributed by atoms with Crippen LogP contribution < -0.4 is 0 Å². The van der Waals surface area contributed by atoms with Crippen molar-refractivity contribution < 1.29 is 19.0 Å². The first-order valence-electron chi connectivity index (χ1n) is 3.71. The van der Waals surface area contributed by atoms with E-state index in [0.717, 1.165) is 0 Å². The summed E-state index contributed by atoms with van der Waals surface area (Å²) >= 11 is 0. The van der Waals surface area contributed by atoms with Crippen LogP contribution in [0.4, 0.5) is 4.39 Å². The average Bonchev–Trinajstić information content (AvgIpc) is 2.15. The van der Waals surface area contributed by atoms with Gasteiger partial charge in [-0.2, -0.15) is 0 Å². The molecule has 4 heteroatoms. The largest absolute Gasteiger partial charge is 0.479 e. The van der Waals surface area contributed by atoms with Crippen molar-refractivity contribution in [3.05, 3.63) is 35.9 Å². The molecule has 1 unspecified atom stereocenters. The zero-order chi connectivity index (χ0) is 9.68. The van der Waals surface area contributed by atoms with Gasteiger partial charge in [0.1, 0.15) is 0 Å². The number of aliphatic carboxylic acids is 1. The van der Waals surface area contributed by atoms with E-state index < -0.39 is 18.9 Å². The molecule has 0 aliphatic rings. The third-order valence-electron chi connectivity index (χ3n) is 1.56. The first-order chi connectivity index (χ1) is 6.25. The summed E-state index contributed by atoms with van der Waals surface area (Å²) in [5, 5.41) is 8.67. The van der Waals surface area contributed by atoms with Crippen LogP contribution in [0.5, 0.6) is 0 Å². The second-order valence-electron chi connectivity index (χ2n) is 2.40. The van der Waals surface area contributed by atoms with Crippen LogP contribution in [0, 0.1) is 0 Å². The number of carboxylic acids is 1. The number of hydrogen-bond donors (Lipinski definition) is 1. The lowest BCUT2D eigenvalue weighted by atomic mass is 10.1. The molecule has 0 spiro atoms. The molecular formula is C9H9FO3. The summed E-state index contributed by atoms with van der Waals surface area (Å²) in [5.74, 6) is -1.19. The zero-order valence-corrected chi connectivity index (χ0v) is 6.81. The first-order valence-corrected chi connectivity index (χ1v) is 3.71. The van der Waals surface area contributed by atoms with E-state index in [0.29, 0.717) is 5.56 Å². The Kier molecular flexibility index (Phi) is 3.40. The van der Waals surface area contributed by atoms with Gasteiger partial charge < -0.3 is 9.84 Å². The summed E-state index contributed by atoms with van der Waals surface area (Å²) in [7, 11) is 0. The Morgan fingerprint density at radius 3 is 2.54 bits per heavy atom. The summed E-state index contributed by atoms with van der Waals surface area (Å²) in [6.07, 6.45) is -1.22. The van der Waals surface area contributed by atoms with Crippen molar-refractivity contribution in [1.82, 2.24) is 0 Å². The van der Waals surface area contributed by atoms with Crippen LogP contribution in [-0.4, -0.2) is 17.9 Å². The number of alkyl halides is 1. The summed E-state index contributed by atoms with van der Waals surface area (Å²) in [6.45, 7) is -1.11. The third-order valence-corrected chi connectivity index (χ3v) is 1.56. The molecule has 1 atom stereocenters. The molecule has 1 aromatic rings. The number of carbonyl (C=O) groups is 1. The Labute approximate surface area is 74.8 Å². The minimum atomic E-state index is -1.22. The van der Waals surface area contributed by atoms with Gasteiger partial charge in [-0.05, 0) is 5.56 Å². The Hall–Kier alpha value is -1.42. The summed E-state index contributed by atoms with van der Waals surface area (Å²) in [5.41, 5.74) is 0.438. The normalized spacial score (nSPS) is 12.4. The predicted molar refractivity (Wildman–Crippen MR) is 43.9 cm³/mol. The molecule has 0 heterocycles. The maximum absolute atomic E-state index is 11.8. The van der Waals surface area contributed by atoms with E-state index in [-0.39, 0.29) is 0 Å². The fraction of sp³-hybridized carbons (Fsp3) is 0.222. The molecule has 70 valence electrons. The molecule has 1 aromatic carbocycles. The van der Waals surface area contributed by atoms with Crippen LogP contribution in [0.1, 0.15) is 11.7 Å². The molecule has 0 fully saturated rings. The quantitative estimate of drug-likeness (QED) is 0.775. The average molecular weight is 184 g/mol. The second-order valence-corrected chi connectivity index (χ2v) is 2.40. The van der Waals surface area contributed by atoms with E-state index in [1.54, 1.807) is 30.3 Å². The smallest absolute Gasteiger partial charge is 0.337 e. The maximum Gasteiger partial charge on any atom is 0.337 e. The highest BCUT2D eigenvalue weighted by molar-refractivity contribution is 5.74.